The molecule has 1 aromatic rings. The van der Waals surface area contributed by atoms with Crippen molar-refractivity contribution in [1.82, 2.24) is 4.90 Å². The summed E-state index contributed by atoms with van der Waals surface area (Å²) < 4.78 is 5.59. The molecule has 19 heavy (non-hydrogen) atoms. The van der Waals surface area contributed by atoms with Gasteiger partial charge in [-0.15, -0.1) is 0 Å². The molecule has 104 valence electrons. The molecular weight excluding hydrogens is 242 g/mol. The molecule has 1 atom stereocenters. The van der Waals surface area contributed by atoms with Crippen molar-refractivity contribution in [3.8, 4) is 5.75 Å². The minimum absolute atomic E-state index is 0.0610. The molecule has 1 aliphatic rings. The second-order valence-electron chi connectivity index (χ2n) is 4.86. The molecular formula is C15H21NO3. The fourth-order valence-corrected chi connectivity index (χ4v) is 2.47. The lowest BCUT2D eigenvalue weighted by molar-refractivity contribution is -0.134. The van der Waals surface area contributed by atoms with Crippen LogP contribution in [0.5, 0.6) is 5.75 Å². The van der Waals surface area contributed by atoms with Crippen molar-refractivity contribution < 1.29 is 14.6 Å². The van der Waals surface area contributed by atoms with Crippen LogP contribution in [-0.2, 0) is 16.0 Å². The van der Waals surface area contributed by atoms with E-state index in [1.54, 1.807) is 18.2 Å². The normalized spacial score (nSPS) is 19.4. The van der Waals surface area contributed by atoms with Crippen LogP contribution in [0.2, 0.25) is 0 Å². The lowest BCUT2D eigenvalue weighted by Gasteiger charge is -2.32. The summed E-state index contributed by atoms with van der Waals surface area (Å²) in [6, 6.07) is 7.00. The molecule has 1 unspecified atom stereocenters. The summed E-state index contributed by atoms with van der Waals surface area (Å²) in [6.07, 6.45) is 2.42. The number of nitrogens with zero attached hydrogens (tertiary/aromatic N) is 1. The Bertz CT molecular complexity index is 431. The van der Waals surface area contributed by atoms with Crippen LogP contribution in [0.4, 0.5) is 0 Å². The molecule has 1 aromatic carbocycles. The molecule has 0 aromatic heterocycles. The average molecular weight is 263 g/mol. The van der Waals surface area contributed by atoms with E-state index in [1.807, 2.05) is 17.9 Å². The Labute approximate surface area is 114 Å². The number of aromatic hydroxyl groups is 1. The van der Waals surface area contributed by atoms with Gasteiger partial charge >= 0.3 is 0 Å². The smallest absolute Gasteiger partial charge is 0.227 e. The molecule has 1 fully saturated rings. The van der Waals surface area contributed by atoms with Crippen LogP contribution in [0.1, 0.15) is 25.3 Å². The lowest BCUT2D eigenvalue weighted by atomic mass is 10.1. The van der Waals surface area contributed by atoms with Gasteiger partial charge < -0.3 is 14.7 Å². The van der Waals surface area contributed by atoms with Gasteiger partial charge in [-0.3, -0.25) is 4.79 Å². The summed E-state index contributed by atoms with van der Waals surface area (Å²) in [7, 11) is 0. The average Bonchev–Trinajstić information content (AvgIpc) is 2.42. The fraction of sp³-hybridized carbons (Fsp3) is 0.533. The van der Waals surface area contributed by atoms with Gasteiger partial charge in [-0.25, -0.2) is 0 Å². The zero-order valence-corrected chi connectivity index (χ0v) is 11.3. The van der Waals surface area contributed by atoms with Crippen LogP contribution in [0.25, 0.3) is 0 Å². The van der Waals surface area contributed by atoms with E-state index in [-0.39, 0.29) is 24.2 Å². The van der Waals surface area contributed by atoms with Crippen molar-refractivity contribution in [1.29, 1.82) is 0 Å². The molecule has 4 heteroatoms. The summed E-state index contributed by atoms with van der Waals surface area (Å²) in [6.45, 7) is 4.12. The van der Waals surface area contributed by atoms with Gasteiger partial charge in [0.2, 0.25) is 5.91 Å². The molecule has 1 N–H and O–H groups in total. The Kier molecular flexibility index (Phi) is 4.80. The third-order valence-electron chi connectivity index (χ3n) is 3.47. The number of carbonyl (C=O) groups excluding carboxylic acids is 1. The molecule has 0 radical (unpaired) electrons. The van der Waals surface area contributed by atoms with E-state index in [0.29, 0.717) is 18.7 Å². The Hall–Kier alpha value is -1.55. The summed E-state index contributed by atoms with van der Waals surface area (Å²) in [4.78, 5) is 14.1. The maximum atomic E-state index is 12.2. The number of hydrogen-bond donors (Lipinski definition) is 1. The molecule has 1 saturated heterocycles. The monoisotopic (exact) mass is 263 g/mol. The number of hydrogen-bond acceptors (Lipinski definition) is 3. The number of carbonyl (C=O) groups is 1. The van der Waals surface area contributed by atoms with Crippen molar-refractivity contribution in [2.45, 2.75) is 32.3 Å². The van der Waals surface area contributed by atoms with Gasteiger partial charge in [0.15, 0.2) is 0 Å². The van der Waals surface area contributed by atoms with Gasteiger partial charge in [-0.2, -0.15) is 0 Å². The number of phenols is 1. The molecule has 1 heterocycles. The number of rotatable bonds is 4. The van der Waals surface area contributed by atoms with Crippen LogP contribution >= 0.6 is 0 Å². The van der Waals surface area contributed by atoms with Gasteiger partial charge in [-0.05, 0) is 25.8 Å². The first-order valence-electron chi connectivity index (χ1n) is 6.87. The molecule has 1 aliphatic heterocycles. The van der Waals surface area contributed by atoms with E-state index in [0.717, 1.165) is 19.4 Å². The fourth-order valence-electron chi connectivity index (χ4n) is 2.47. The topological polar surface area (TPSA) is 49.8 Å². The van der Waals surface area contributed by atoms with Crippen LogP contribution in [0, 0.1) is 0 Å². The van der Waals surface area contributed by atoms with E-state index in [2.05, 4.69) is 0 Å². The second-order valence-corrected chi connectivity index (χ2v) is 4.86. The predicted molar refractivity (Wildman–Crippen MR) is 73.0 cm³/mol. The van der Waals surface area contributed by atoms with Crippen LogP contribution in [-0.4, -0.2) is 41.7 Å². The van der Waals surface area contributed by atoms with Gasteiger partial charge in [0, 0.05) is 25.3 Å². The van der Waals surface area contributed by atoms with E-state index < -0.39 is 0 Å². The van der Waals surface area contributed by atoms with Crippen LogP contribution < -0.4 is 0 Å². The minimum atomic E-state index is 0.0610. The first-order valence-corrected chi connectivity index (χ1v) is 6.87. The van der Waals surface area contributed by atoms with E-state index >= 15 is 0 Å². The molecule has 4 nitrogen and oxygen atoms in total. The largest absolute Gasteiger partial charge is 0.508 e. The summed E-state index contributed by atoms with van der Waals surface area (Å²) >= 11 is 0. The van der Waals surface area contributed by atoms with E-state index in [4.69, 9.17) is 4.74 Å². The highest BCUT2D eigenvalue weighted by atomic mass is 16.5. The maximum absolute atomic E-state index is 12.2. The number of phenolic OH excluding ortho intramolecular Hbond substituents is 1. The number of benzene rings is 1. The second kappa shape index (κ2) is 6.57. The van der Waals surface area contributed by atoms with E-state index in [1.165, 1.54) is 0 Å². The number of para-hydroxylation sites is 1. The van der Waals surface area contributed by atoms with Crippen molar-refractivity contribution >= 4 is 5.91 Å². The highest BCUT2D eigenvalue weighted by Gasteiger charge is 2.24. The van der Waals surface area contributed by atoms with Crippen LogP contribution in [0.15, 0.2) is 24.3 Å². The number of likely N-dealkylation sites (tertiary alicyclic amines) is 1. The zero-order valence-electron chi connectivity index (χ0n) is 11.3. The SMILES string of the molecule is CCOC1CCCN(C(=O)Cc2ccccc2O)C1. The Morgan fingerprint density at radius 3 is 3.00 bits per heavy atom. The standard InChI is InChI=1S/C15H21NO3/c1-2-19-13-7-5-9-16(11-13)15(18)10-12-6-3-4-8-14(12)17/h3-4,6,8,13,17H,2,5,7,9-11H2,1H3. The van der Waals surface area contributed by atoms with Crippen molar-refractivity contribution in [2.75, 3.05) is 19.7 Å². The predicted octanol–water partition coefficient (Wildman–Crippen LogP) is 1.96. The summed E-state index contributed by atoms with van der Waals surface area (Å²) in [5.41, 5.74) is 0.686. The van der Waals surface area contributed by atoms with E-state index in [9.17, 15) is 9.90 Å². The number of amides is 1. The first-order chi connectivity index (χ1) is 9.20. The van der Waals surface area contributed by atoms with Crippen molar-refractivity contribution in [2.24, 2.45) is 0 Å². The molecule has 0 saturated carbocycles. The van der Waals surface area contributed by atoms with Gasteiger partial charge in [0.1, 0.15) is 5.75 Å². The van der Waals surface area contributed by atoms with Gasteiger partial charge in [0.05, 0.1) is 12.5 Å². The van der Waals surface area contributed by atoms with Crippen molar-refractivity contribution in [3.05, 3.63) is 29.8 Å². The maximum Gasteiger partial charge on any atom is 0.227 e. The Balaban J connectivity index is 1.94. The molecule has 2 rings (SSSR count). The zero-order chi connectivity index (χ0) is 13.7. The molecule has 0 bridgehead atoms. The summed E-state index contributed by atoms with van der Waals surface area (Å²) in [5.74, 6) is 0.250. The number of ether oxygens (including phenoxy) is 1. The minimum Gasteiger partial charge on any atom is -0.508 e. The Morgan fingerprint density at radius 2 is 2.26 bits per heavy atom. The first kappa shape index (κ1) is 13.9. The molecule has 0 spiro atoms. The summed E-state index contributed by atoms with van der Waals surface area (Å²) in [5, 5.41) is 9.70. The third kappa shape index (κ3) is 3.70. The number of piperidine rings is 1. The highest BCUT2D eigenvalue weighted by Crippen LogP contribution is 2.19. The molecule has 0 aliphatic carbocycles. The van der Waals surface area contributed by atoms with Crippen LogP contribution in [0.3, 0.4) is 0 Å². The molecule has 1 amide bonds. The van der Waals surface area contributed by atoms with Gasteiger partial charge in [-0.1, -0.05) is 18.2 Å². The van der Waals surface area contributed by atoms with Gasteiger partial charge in [0.25, 0.3) is 0 Å². The van der Waals surface area contributed by atoms with Crippen molar-refractivity contribution in [3.63, 3.8) is 0 Å². The third-order valence-corrected chi connectivity index (χ3v) is 3.47. The quantitative estimate of drug-likeness (QED) is 0.903. The lowest BCUT2D eigenvalue weighted by Crippen LogP contribution is -2.43. The highest BCUT2D eigenvalue weighted by molar-refractivity contribution is 5.79. The Morgan fingerprint density at radius 1 is 1.47 bits per heavy atom.